The first-order valence-electron chi connectivity index (χ1n) is 17.8. The third kappa shape index (κ3) is 10.3. The number of hydrogen-bond donors (Lipinski definition) is 4. The quantitative estimate of drug-likeness (QED) is 0.179. The van der Waals surface area contributed by atoms with E-state index in [-0.39, 0.29) is 17.8 Å². The summed E-state index contributed by atoms with van der Waals surface area (Å²) in [4.78, 5) is 47.3. The number of anilines is 1. The molecular formula is C41H45N7O3. The molecule has 4 aromatic rings. The molecule has 10 heteroatoms. The number of rotatable bonds is 10. The molecule has 4 amide bonds. The third-order valence-corrected chi connectivity index (χ3v) is 9.18. The zero-order chi connectivity index (χ0) is 35.3. The Hall–Kier alpha value is -5.50. The third-order valence-electron chi connectivity index (χ3n) is 9.18. The monoisotopic (exact) mass is 683 g/mol. The molecule has 0 atom stereocenters. The fourth-order valence-electron chi connectivity index (χ4n) is 6.35. The summed E-state index contributed by atoms with van der Waals surface area (Å²) in [5, 5.41) is 12.2. The van der Waals surface area contributed by atoms with Gasteiger partial charge >= 0.3 is 6.03 Å². The van der Waals surface area contributed by atoms with E-state index in [1.165, 1.54) is 19.3 Å². The molecule has 0 radical (unpaired) electrons. The van der Waals surface area contributed by atoms with Gasteiger partial charge in [-0.3, -0.25) is 14.6 Å². The minimum atomic E-state index is -0.320. The van der Waals surface area contributed by atoms with Gasteiger partial charge in [-0.05, 0) is 104 Å². The predicted molar refractivity (Wildman–Crippen MR) is 201 cm³/mol. The fraction of sp³-hybridized carbons (Fsp3) is 0.317. The van der Waals surface area contributed by atoms with Crippen LogP contribution in [0.4, 0.5) is 10.5 Å². The first kappa shape index (κ1) is 35.3. The highest BCUT2D eigenvalue weighted by atomic mass is 16.2. The summed E-state index contributed by atoms with van der Waals surface area (Å²) in [7, 11) is 0. The number of urea groups is 1. The standard InChI is InChI=1S/C41H45N7O3/c49-39(44-22-25-47-23-2-1-3-24-47)33-12-9-31(10-13-33)11-14-35-29-37(46-41(51)45-19-17-32-6-5-18-43-30-32)15-16-38(35)34-7-4-8-36(28-34)40(50)48-26-20-42-21-27-48/h4-10,12-13,15-16,18,28-30,42H,1-3,17,19-27H2,(H,44,49)(H2,45,46,51). The van der Waals surface area contributed by atoms with Crippen LogP contribution in [0, 0.1) is 11.8 Å². The lowest BCUT2D eigenvalue weighted by Crippen LogP contribution is -2.46. The van der Waals surface area contributed by atoms with Crippen molar-refractivity contribution in [1.82, 2.24) is 30.7 Å². The summed E-state index contributed by atoms with van der Waals surface area (Å²) in [6.07, 6.45) is 7.92. The lowest BCUT2D eigenvalue weighted by molar-refractivity contribution is 0.0735. The van der Waals surface area contributed by atoms with Crippen molar-refractivity contribution in [3.8, 4) is 23.0 Å². The van der Waals surface area contributed by atoms with Crippen LogP contribution in [0.25, 0.3) is 11.1 Å². The highest BCUT2D eigenvalue weighted by molar-refractivity contribution is 5.96. The van der Waals surface area contributed by atoms with E-state index in [1.807, 2.05) is 71.6 Å². The van der Waals surface area contributed by atoms with Gasteiger partial charge in [0.2, 0.25) is 0 Å². The van der Waals surface area contributed by atoms with Gasteiger partial charge in [0.25, 0.3) is 11.8 Å². The van der Waals surface area contributed by atoms with Gasteiger partial charge in [-0.25, -0.2) is 4.79 Å². The molecule has 262 valence electrons. The highest BCUT2D eigenvalue weighted by Crippen LogP contribution is 2.28. The summed E-state index contributed by atoms with van der Waals surface area (Å²) in [6.45, 7) is 7.05. The maximum Gasteiger partial charge on any atom is 0.319 e. The van der Waals surface area contributed by atoms with Crippen molar-refractivity contribution in [2.45, 2.75) is 25.7 Å². The van der Waals surface area contributed by atoms with E-state index in [0.717, 1.165) is 55.0 Å². The van der Waals surface area contributed by atoms with Crippen LogP contribution in [-0.2, 0) is 6.42 Å². The number of likely N-dealkylation sites (tertiary alicyclic amines) is 1. The van der Waals surface area contributed by atoms with Gasteiger partial charge in [-0.15, -0.1) is 0 Å². The zero-order valence-electron chi connectivity index (χ0n) is 28.9. The average molecular weight is 684 g/mol. The number of carbonyl (C=O) groups is 3. The van der Waals surface area contributed by atoms with Gasteiger partial charge in [0, 0.05) is 86.1 Å². The number of nitrogens with one attached hydrogen (secondary N) is 4. The molecule has 4 N–H and O–H groups in total. The number of piperidine rings is 1. The summed E-state index contributed by atoms with van der Waals surface area (Å²) in [6, 6.07) is 24.0. The predicted octanol–water partition coefficient (Wildman–Crippen LogP) is 4.77. The van der Waals surface area contributed by atoms with Crippen LogP contribution in [0.2, 0.25) is 0 Å². The highest BCUT2D eigenvalue weighted by Gasteiger charge is 2.19. The number of amides is 4. The van der Waals surface area contributed by atoms with Crippen molar-refractivity contribution >= 4 is 23.5 Å². The molecule has 3 aromatic carbocycles. The summed E-state index contributed by atoms with van der Waals surface area (Å²) in [5.74, 6) is 6.45. The van der Waals surface area contributed by atoms with Gasteiger partial charge in [0.15, 0.2) is 0 Å². The Kier molecular flexibility index (Phi) is 12.4. The number of aromatic nitrogens is 1. The van der Waals surface area contributed by atoms with E-state index >= 15 is 0 Å². The molecule has 3 heterocycles. The second-order valence-corrected chi connectivity index (χ2v) is 12.9. The van der Waals surface area contributed by atoms with Crippen molar-refractivity contribution in [3.05, 3.63) is 119 Å². The Morgan fingerprint density at radius 2 is 1.61 bits per heavy atom. The molecule has 6 rings (SSSR count). The maximum atomic E-state index is 13.3. The van der Waals surface area contributed by atoms with E-state index in [9.17, 15) is 14.4 Å². The smallest absolute Gasteiger partial charge is 0.319 e. The van der Waals surface area contributed by atoms with E-state index in [2.05, 4.69) is 43.0 Å². The Bertz CT molecular complexity index is 1860. The van der Waals surface area contributed by atoms with Crippen LogP contribution in [0.5, 0.6) is 0 Å². The largest absolute Gasteiger partial charge is 0.351 e. The van der Waals surface area contributed by atoms with Crippen LogP contribution in [0.1, 0.15) is 56.7 Å². The first-order chi connectivity index (χ1) is 25.0. The molecule has 2 aliphatic rings. The van der Waals surface area contributed by atoms with Crippen molar-refractivity contribution in [2.24, 2.45) is 0 Å². The molecular weight excluding hydrogens is 638 g/mol. The molecule has 10 nitrogen and oxygen atoms in total. The van der Waals surface area contributed by atoms with Crippen molar-refractivity contribution in [3.63, 3.8) is 0 Å². The second kappa shape index (κ2) is 17.9. The lowest BCUT2D eigenvalue weighted by atomic mass is 9.97. The average Bonchev–Trinajstić information content (AvgIpc) is 3.18. The van der Waals surface area contributed by atoms with Gasteiger partial charge in [-0.1, -0.05) is 42.5 Å². The van der Waals surface area contributed by atoms with E-state index in [4.69, 9.17) is 0 Å². The number of pyridine rings is 1. The number of hydrogen-bond acceptors (Lipinski definition) is 6. The Labute approximate surface area is 300 Å². The topological polar surface area (TPSA) is 119 Å². The number of carbonyl (C=O) groups excluding carboxylic acids is 3. The molecule has 0 unspecified atom stereocenters. The van der Waals surface area contributed by atoms with Crippen molar-refractivity contribution in [1.29, 1.82) is 0 Å². The molecule has 1 aromatic heterocycles. The molecule has 0 saturated carbocycles. The van der Waals surface area contributed by atoms with Crippen molar-refractivity contribution < 1.29 is 14.4 Å². The number of piperazine rings is 1. The molecule has 2 saturated heterocycles. The summed E-state index contributed by atoms with van der Waals surface area (Å²) >= 11 is 0. The van der Waals surface area contributed by atoms with Gasteiger partial charge in [-0.2, -0.15) is 0 Å². The second-order valence-electron chi connectivity index (χ2n) is 12.9. The van der Waals surface area contributed by atoms with E-state index in [1.54, 1.807) is 24.5 Å². The van der Waals surface area contributed by atoms with E-state index in [0.29, 0.717) is 55.0 Å². The fourth-order valence-corrected chi connectivity index (χ4v) is 6.35. The van der Waals surface area contributed by atoms with E-state index < -0.39 is 0 Å². The zero-order valence-corrected chi connectivity index (χ0v) is 28.9. The SMILES string of the molecule is O=C(NCCc1cccnc1)Nc1ccc(-c2cccc(C(=O)N3CCNCC3)c2)c(C#Cc2ccc(C(=O)NCCN3CCCCC3)cc2)c1. The first-order valence-corrected chi connectivity index (χ1v) is 17.8. The minimum absolute atomic E-state index is 0.00264. The molecule has 51 heavy (non-hydrogen) atoms. The Balaban J connectivity index is 1.17. The molecule has 2 aliphatic heterocycles. The lowest BCUT2D eigenvalue weighted by Gasteiger charge is -2.27. The van der Waals surface area contributed by atoms with Crippen LogP contribution in [0.15, 0.2) is 91.3 Å². The van der Waals surface area contributed by atoms with Crippen molar-refractivity contribution in [2.75, 3.05) is 64.2 Å². The van der Waals surface area contributed by atoms with Crippen LogP contribution in [-0.4, -0.2) is 91.5 Å². The molecule has 2 fully saturated rings. The van der Waals surface area contributed by atoms with Crippen LogP contribution < -0.4 is 21.3 Å². The Morgan fingerprint density at radius 1 is 0.784 bits per heavy atom. The summed E-state index contributed by atoms with van der Waals surface area (Å²) < 4.78 is 0. The normalized spacial score (nSPS) is 14.5. The van der Waals surface area contributed by atoms with Crippen LogP contribution >= 0.6 is 0 Å². The van der Waals surface area contributed by atoms with Gasteiger partial charge < -0.3 is 31.1 Å². The molecule has 0 bridgehead atoms. The maximum absolute atomic E-state index is 13.3. The number of nitrogens with zero attached hydrogens (tertiary/aromatic N) is 3. The van der Waals surface area contributed by atoms with Crippen LogP contribution in [0.3, 0.4) is 0 Å². The Morgan fingerprint density at radius 3 is 2.39 bits per heavy atom. The molecule has 0 aliphatic carbocycles. The minimum Gasteiger partial charge on any atom is -0.351 e. The number of benzene rings is 3. The van der Waals surface area contributed by atoms with Gasteiger partial charge in [0.1, 0.15) is 0 Å². The summed E-state index contributed by atoms with van der Waals surface area (Å²) in [5.41, 5.74) is 5.97. The molecule has 0 spiro atoms. The van der Waals surface area contributed by atoms with Gasteiger partial charge in [0.05, 0.1) is 0 Å².